The molecule has 0 radical (unpaired) electrons. The lowest BCUT2D eigenvalue weighted by atomic mass is 9.97. The van der Waals surface area contributed by atoms with Crippen LogP contribution in [0.4, 0.5) is 24.7 Å². The standard InChI is InChI=1S/C22H25BrF3N3O2/c1-13(2)16-10-20(29-15-3-4-19(23)18(9-15)22(24,25)26)27-12-17(16)21(30)28-11-14-5-7-31-8-6-14/h3-4,9-10,12-14H,5-8,11H2,1-2H3,(H,27,29)(H,28,30). The first-order valence-corrected chi connectivity index (χ1v) is 10.9. The van der Waals surface area contributed by atoms with Gasteiger partial charge in [-0.05, 0) is 54.5 Å². The van der Waals surface area contributed by atoms with Gasteiger partial charge in [0.1, 0.15) is 5.82 Å². The van der Waals surface area contributed by atoms with E-state index in [9.17, 15) is 18.0 Å². The summed E-state index contributed by atoms with van der Waals surface area (Å²) in [5.41, 5.74) is 0.731. The Balaban J connectivity index is 1.76. The molecule has 0 saturated carbocycles. The van der Waals surface area contributed by atoms with Gasteiger partial charge in [0.15, 0.2) is 0 Å². The molecule has 1 aliphatic heterocycles. The number of nitrogens with one attached hydrogen (secondary N) is 2. The summed E-state index contributed by atoms with van der Waals surface area (Å²) >= 11 is 2.94. The van der Waals surface area contributed by atoms with Crippen molar-refractivity contribution in [2.24, 2.45) is 5.92 Å². The summed E-state index contributed by atoms with van der Waals surface area (Å²) in [6, 6.07) is 5.61. The zero-order chi connectivity index (χ0) is 22.6. The summed E-state index contributed by atoms with van der Waals surface area (Å²) in [6.45, 7) is 5.92. The van der Waals surface area contributed by atoms with E-state index in [1.54, 1.807) is 6.07 Å². The van der Waals surface area contributed by atoms with Crippen molar-refractivity contribution in [3.63, 3.8) is 0 Å². The summed E-state index contributed by atoms with van der Waals surface area (Å²) in [4.78, 5) is 17.0. The van der Waals surface area contributed by atoms with E-state index in [1.807, 2.05) is 13.8 Å². The molecule has 3 rings (SSSR count). The van der Waals surface area contributed by atoms with Gasteiger partial charge >= 0.3 is 6.18 Å². The zero-order valence-electron chi connectivity index (χ0n) is 17.4. The molecule has 1 aromatic heterocycles. The Kier molecular flexibility index (Phi) is 7.59. The largest absolute Gasteiger partial charge is 0.417 e. The summed E-state index contributed by atoms with van der Waals surface area (Å²) in [7, 11) is 0. The Bertz CT molecular complexity index is 929. The minimum absolute atomic E-state index is 0.0297. The van der Waals surface area contributed by atoms with Gasteiger partial charge in [-0.2, -0.15) is 13.2 Å². The number of amides is 1. The first-order valence-electron chi connectivity index (χ1n) is 10.1. The summed E-state index contributed by atoms with van der Waals surface area (Å²) < 4.78 is 44.8. The van der Waals surface area contributed by atoms with Crippen LogP contribution in [-0.2, 0) is 10.9 Å². The molecule has 168 valence electrons. The molecule has 0 spiro atoms. The van der Waals surface area contributed by atoms with Crippen molar-refractivity contribution in [1.29, 1.82) is 0 Å². The number of carbonyl (C=O) groups is 1. The molecule has 0 bridgehead atoms. The fraction of sp³-hybridized carbons (Fsp3) is 0.455. The Hall–Kier alpha value is -2.13. The van der Waals surface area contributed by atoms with E-state index >= 15 is 0 Å². The molecule has 0 unspecified atom stereocenters. The second-order valence-electron chi connectivity index (χ2n) is 7.89. The predicted molar refractivity (Wildman–Crippen MR) is 117 cm³/mol. The van der Waals surface area contributed by atoms with Gasteiger partial charge in [-0.1, -0.05) is 29.8 Å². The van der Waals surface area contributed by atoms with E-state index < -0.39 is 11.7 Å². The summed E-state index contributed by atoms with van der Waals surface area (Å²) in [6.07, 6.45) is -1.16. The highest BCUT2D eigenvalue weighted by atomic mass is 79.9. The smallest absolute Gasteiger partial charge is 0.381 e. The zero-order valence-corrected chi connectivity index (χ0v) is 18.9. The molecule has 2 aromatic rings. The maximum Gasteiger partial charge on any atom is 0.417 e. The van der Waals surface area contributed by atoms with Crippen molar-refractivity contribution in [2.75, 3.05) is 25.1 Å². The first kappa shape index (κ1) is 23.5. The molecule has 0 aliphatic carbocycles. The molecule has 31 heavy (non-hydrogen) atoms. The molecule has 1 amide bonds. The first-order chi connectivity index (χ1) is 14.6. The number of pyridine rings is 1. The third-order valence-corrected chi connectivity index (χ3v) is 5.93. The van der Waals surface area contributed by atoms with Crippen molar-refractivity contribution < 1.29 is 22.7 Å². The maximum absolute atomic E-state index is 13.2. The molecule has 0 atom stereocenters. The number of rotatable bonds is 6. The van der Waals surface area contributed by atoms with Gasteiger partial charge in [0.25, 0.3) is 5.91 Å². The molecule has 5 nitrogen and oxygen atoms in total. The number of alkyl halides is 3. The number of aromatic nitrogens is 1. The van der Waals surface area contributed by atoms with E-state index in [2.05, 4.69) is 31.5 Å². The van der Waals surface area contributed by atoms with Gasteiger partial charge < -0.3 is 15.4 Å². The van der Waals surface area contributed by atoms with Gasteiger partial charge in [0.05, 0.1) is 11.1 Å². The van der Waals surface area contributed by atoms with Crippen molar-refractivity contribution in [1.82, 2.24) is 10.3 Å². The Morgan fingerprint density at radius 2 is 1.97 bits per heavy atom. The van der Waals surface area contributed by atoms with Crippen LogP contribution in [0.15, 0.2) is 34.9 Å². The van der Waals surface area contributed by atoms with Crippen LogP contribution < -0.4 is 10.6 Å². The summed E-state index contributed by atoms with van der Waals surface area (Å²) in [5, 5.41) is 5.89. The third kappa shape index (κ3) is 6.20. The lowest BCUT2D eigenvalue weighted by molar-refractivity contribution is -0.138. The van der Waals surface area contributed by atoms with Crippen molar-refractivity contribution >= 4 is 33.3 Å². The number of carbonyl (C=O) groups excluding carboxylic acids is 1. The number of ether oxygens (including phenoxy) is 1. The van der Waals surface area contributed by atoms with E-state index in [4.69, 9.17) is 4.74 Å². The van der Waals surface area contributed by atoms with Gasteiger partial charge in [0.2, 0.25) is 0 Å². The monoisotopic (exact) mass is 499 g/mol. The number of anilines is 2. The quantitative estimate of drug-likeness (QED) is 0.520. The van der Waals surface area contributed by atoms with Crippen LogP contribution in [0.1, 0.15) is 54.1 Å². The fourth-order valence-electron chi connectivity index (χ4n) is 3.46. The van der Waals surface area contributed by atoms with Gasteiger partial charge in [-0.15, -0.1) is 0 Å². The highest BCUT2D eigenvalue weighted by Gasteiger charge is 2.33. The molecule has 1 saturated heterocycles. The van der Waals surface area contributed by atoms with Crippen LogP contribution in [-0.4, -0.2) is 30.6 Å². The molecule has 1 aliphatic rings. The normalized spacial score (nSPS) is 15.2. The topological polar surface area (TPSA) is 63.2 Å². The van der Waals surface area contributed by atoms with E-state index in [0.717, 1.165) is 24.5 Å². The average Bonchev–Trinajstić information content (AvgIpc) is 2.73. The lowest BCUT2D eigenvalue weighted by Crippen LogP contribution is -2.32. The second-order valence-corrected chi connectivity index (χ2v) is 8.75. The Labute approximate surface area is 187 Å². The number of nitrogens with zero attached hydrogens (tertiary/aromatic N) is 1. The summed E-state index contributed by atoms with van der Waals surface area (Å²) in [5.74, 6) is 0.606. The van der Waals surface area contributed by atoms with Crippen LogP contribution in [0.25, 0.3) is 0 Å². The van der Waals surface area contributed by atoms with E-state index in [1.165, 1.54) is 18.3 Å². The average molecular weight is 500 g/mol. The highest BCUT2D eigenvalue weighted by Crippen LogP contribution is 2.37. The van der Waals surface area contributed by atoms with Gasteiger partial charge in [-0.25, -0.2) is 4.98 Å². The van der Waals surface area contributed by atoms with Crippen LogP contribution in [0.2, 0.25) is 0 Å². The lowest BCUT2D eigenvalue weighted by Gasteiger charge is -2.22. The van der Waals surface area contributed by atoms with Crippen LogP contribution in [0.3, 0.4) is 0 Å². The molecule has 9 heteroatoms. The molecular weight excluding hydrogens is 475 g/mol. The predicted octanol–water partition coefficient (Wildman–Crippen LogP) is 5.89. The number of benzene rings is 1. The van der Waals surface area contributed by atoms with Crippen molar-refractivity contribution in [3.8, 4) is 0 Å². The van der Waals surface area contributed by atoms with Crippen LogP contribution in [0.5, 0.6) is 0 Å². The second kappa shape index (κ2) is 9.99. The van der Waals surface area contributed by atoms with Crippen LogP contribution >= 0.6 is 15.9 Å². The maximum atomic E-state index is 13.2. The van der Waals surface area contributed by atoms with Crippen LogP contribution in [0, 0.1) is 5.92 Å². The molecular formula is C22H25BrF3N3O2. The van der Waals surface area contributed by atoms with E-state index in [0.29, 0.717) is 37.1 Å². The minimum atomic E-state index is -4.47. The Morgan fingerprint density at radius 3 is 2.61 bits per heavy atom. The fourth-order valence-corrected chi connectivity index (χ4v) is 3.93. The third-order valence-electron chi connectivity index (χ3n) is 5.24. The van der Waals surface area contributed by atoms with Crippen molar-refractivity contribution in [2.45, 2.75) is 38.8 Å². The molecule has 1 fully saturated rings. The molecule has 1 aromatic carbocycles. The molecule has 2 heterocycles. The number of halogens is 4. The van der Waals surface area contributed by atoms with Crippen molar-refractivity contribution in [3.05, 3.63) is 51.6 Å². The van der Waals surface area contributed by atoms with Gasteiger partial charge in [-0.3, -0.25) is 4.79 Å². The van der Waals surface area contributed by atoms with Gasteiger partial charge in [0, 0.05) is 36.1 Å². The minimum Gasteiger partial charge on any atom is -0.381 e. The SMILES string of the molecule is CC(C)c1cc(Nc2ccc(Br)c(C(F)(F)F)c2)ncc1C(=O)NCC1CCOCC1. The number of hydrogen-bond acceptors (Lipinski definition) is 4. The highest BCUT2D eigenvalue weighted by molar-refractivity contribution is 9.10. The number of hydrogen-bond donors (Lipinski definition) is 2. The Morgan fingerprint density at radius 1 is 1.26 bits per heavy atom. The van der Waals surface area contributed by atoms with E-state index in [-0.39, 0.29) is 22.0 Å². The molecule has 2 N–H and O–H groups in total.